The third kappa shape index (κ3) is 56.7. The molecule has 4 heteroatoms. The maximum absolute atomic E-state index is 2.18. The Morgan fingerprint density at radius 1 is 0.875 bits per heavy atom. The largest absolute Gasteiger partial charge is 0.412 e. The fraction of sp³-hybridized carbons (Fsp3) is 1.00. The molecule has 0 aromatic rings. The zero-order chi connectivity index (χ0) is 3.41. The predicted molar refractivity (Wildman–Crippen MR) is 46.3 cm³/mol. The van der Waals surface area contributed by atoms with Gasteiger partial charge in [0.1, 0.15) is 0 Å². The van der Waals surface area contributed by atoms with Crippen LogP contribution in [-0.4, -0.2) is 51.4 Å². The summed E-state index contributed by atoms with van der Waals surface area (Å²) in [4.78, 5) is 0. The zero-order valence-electron chi connectivity index (χ0n) is 4.41. The standard InChI is InChI=1S/C4H10.Al.Mg.2H2O.5H/c1-3-4-2;;;;;;;;;/h3-4H2,1-2H3;;;2*1H2;;;;;. The number of rotatable bonds is 1. The van der Waals surface area contributed by atoms with Crippen LogP contribution in [0, 0.1) is 0 Å². The van der Waals surface area contributed by atoms with E-state index >= 15 is 0 Å². The van der Waals surface area contributed by atoms with Crippen LogP contribution in [0.25, 0.3) is 0 Å². The fourth-order valence-corrected chi connectivity index (χ4v) is 0. The first kappa shape index (κ1) is 35.0. The van der Waals surface area contributed by atoms with Crippen molar-refractivity contribution < 1.29 is 11.0 Å². The van der Waals surface area contributed by atoms with Crippen LogP contribution in [0.15, 0.2) is 0 Å². The zero-order valence-corrected chi connectivity index (χ0v) is 4.41. The molecule has 0 rings (SSSR count). The van der Waals surface area contributed by atoms with Crippen LogP contribution in [-0.2, 0) is 0 Å². The van der Waals surface area contributed by atoms with Gasteiger partial charge in [0.15, 0.2) is 17.4 Å². The molecule has 0 amide bonds. The first-order valence-corrected chi connectivity index (χ1v) is 1.91. The minimum absolute atomic E-state index is 0. The Bertz CT molecular complexity index is 16.0. The summed E-state index contributed by atoms with van der Waals surface area (Å²) < 4.78 is 0. The Hall–Kier alpha value is 1.22. The summed E-state index contributed by atoms with van der Waals surface area (Å²) in [6.07, 6.45) is 2.64. The van der Waals surface area contributed by atoms with E-state index in [9.17, 15) is 0 Å². The average molecular weight is 150 g/mol. The number of unbranched alkanes of at least 4 members (excludes halogenated alkanes) is 1. The molecule has 0 saturated carbocycles. The molecule has 8 heavy (non-hydrogen) atoms. The van der Waals surface area contributed by atoms with E-state index < -0.39 is 0 Å². The van der Waals surface area contributed by atoms with Gasteiger partial charge in [-0.15, -0.1) is 0 Å². The lowest BCUT2D eigenvalue weighted by Gasteiger charge is -1.68. The van der Waals surface area contributed by atoms with E-state index in [-0.39, 0.29) is 51.4 Å². The summed E-state index contributed by atoms with van der Waals surface area (Å²) in [5, 5.41) is 0. The van der Waals surface area contributed by atoms with Crippen molar-refractivity contribution in [2.45, 2.75) is 26.7 Å². The van der Waals surface area contributed by atoms with E-state index in [4.69, 9.17) is 0 Å². The van der Waals surface area contributed by atoms with Crippen molar-refractivity contribution in [2.75, 3.05) is 0 Å². The van der Waals surface area contributed by atoms with Gasteiger partial charge in [-0.2, -0.15) is 0 Å². The first-order valence-electron chi connectivity index (χ1n) is 1.91. The van der Waals surface area contributed by atoms with Crippen LogP contribution in [0.3, 0.4) is 0 Å². The lowest BCUT2D eigenvalue weighted by atomic mass is 10.4. The molecule has 0 bridgehead atoms. The summed E-state index contributed by atoms with van der Waals surface area (Å²) >= 11 is 0. The second-order valence-electron chi connectivity index (χ2n) is 1.000. The highest BCUT2D eigenvalue weighted by atomic mass is 27.0. The predicted octanol–water partition coefficient (Wildman–Crippen LogP) is -1.94. The van der Waals surface area contributed by atoms with Gasteiger partial charge in [-0.05, 0) is 0 Å². The van der Waals surface area contributed by atoms with Crippen molar-refractivity contribution in [2.24, 2.45) is 0 Å². The maximum Gasteiger partial charge on any atom is 0.316 e. The normalized spacial score (nSPS) is 3.75. The van der Waals surface area contributed by atoms with Crippen LogP contribution < -0.4 is 0 Å². The Morgan fingerprint density at radius 3 is 1.00 bits per heavy atom. The van der Waals surface area contributed by atoms with Gasteiger partial charge in [-0.1, -0.05) is 26.7 Å². The quantitative estimate of drug-likeness (QED) is 0.391. The molecule has 0 spiro atoms. The molecule has 0 radical (unpaired) electrons. The molecule has 0 fully saturated rings. The lowest BCUT2D eigenvalue weighted by molar-refractivity contribution is 0.823. The molecular weight excluding hydrogens is 131 g/mol. The molecule has 0 heterocycles. The summed E-state index contributed by atoms with van der Waals surface area (Å²) in [6, 6.07) is 0. The van der Waals surface area contributed by atoms with Gasteiger partial charge < -0.3 is 11.0 Å². The second kappa shape index (κ2) is 41.3. The number of hydrogen-bond acceptors (Lipinski definition) is 0. The molecule has 0 aromatic heterocycles. The van der Waals surface area contributed by atoms with Crippen LogP contribution >= 0.6 is 0 Å². The fourth-order valence-electron chi connectivity index (χ4n) is 0. The third-order valence-corrected chi connectivity index (χ3v) is 0.500. The smallest absolute Gasteiger partial charge is 0.316 e. The Balaban J connectivity index is -0.00000000750. The van der Waals surface area contributed by atoms with E-state index in [1.807, 2.05) is 0 Å². The van der Waals surface area contributed by atoms with Crippen molar-refractivity contribution in [3.63, 3.8) is 0 Å². The van der Waals surface area contributed by atoms with E-state index in [1.54, 1.807) is 0 Å². The van der Waals surface area contributed by atoms with E-state index in [0.29, 0.717) is 0 Å². The topological polar surface area (TPSA) is 63.0 Å². The van der Waals surface area contributed by atoms with Crippen molar-refractivity contribution >= 4 is 40.4 Å². The van der Waals surface area contributed by atoms with Crippen molar-refractivity contribution in [3.8, 4) is 0 Å². The van der Waals surface area contributed by atoms with Crippen molar-refractivity contribution in [1.29, 1.82) is 0 Å². The monoisotopic (exact) mass is 150 g/mol. The Labute approximate surface area is 77.9 Å². The van der Waals surface area contributed by atoms with Gasteiger partial charge in [0, 0.05) is 0 Å². The lowest BCUT2D eigenvalue weighted by Crippen LogP contribution is -1.47. The molecule has 0 unspecified atom stereocenters. The summed E-state index contributed by atoms with van der Waals surface area (Å²) in [6.45, 7) is 4.36. The molecule has 0 saturated heterocycles. The molecule has 0 aliphatic rings. The SMILES string of the molecule is CCCC.O.O.[AlH3].[MgH2]. The highest BCUT2D eigenvalue weighted by Gasteiger charge is 1.56. The Morgan fingerprint density at radius 2 is 1.00 bits per heavy atom. The summed E-state index contributed by atoms with van der Waals surface area (Å²) in [7, 11) is 0. The van der Waals surface area contributed by atoms with E-state index in [1.165, 1.54) is 12.8 Å². The highest BCUT2D eigenvalue weighted by molar-refractivity contribution is 5.76. The number of hydrogen-bond donors (Lipinski definition) is 0. The van der Waals surface area contributed by atoms with E-state index in [2.05, 4.69) is 13.8 Å². The average Bonchev–Trinajstić information content (AvgIpc) is 1.37. The molecule has 0 atom stereocenters. The van der Waals surface area contributed by atoms with Crippen LogP contribution in [0.4, 0.5) is 0 Å². The molecule has 4 N–H and O–H groups in total. The van der Waals surface area contributed by atoms with E-state index in [0.717, 1.165) is 0 Å². The molecular formula is C4H19AlMgO2. The van der Waals surface area contributed by atoms with Gasteiger partial charge in [-0.25, -0.2) is 0 Å². The second-order valence-corrected chi connectivity index (χ2v) is 1.000. The molecule has 0 aliphatic heterocycles. The summed E-state index contributed by atoms with van der Waals surface area (Å²) in [5.74, 6) is 0. The first-order chi connectivity index (χ1) is 1.91. The Kier molecular flexibility index (Phi) is 181. The minimum atomic E-state index is 0. The van der Waals surface area contributed by atoms with Crippen molar-refractivity contribution in [3.05, 3.63) is 0 Å². The van der Waals surface area contributed by atoms with Gasteiger partial charge in [0.25, 0.3) is 0 Å². The maximum atomic E-state index is 2.18. The molecule has 2 nitrogen and oxygen atoms in total. The molecule has 0 aliphatic carbocycles. The van der Waals surface area contributed by atoms with Gasteiger partial charge in [-0.3, -0.25) is 0 Å². The van der Waals surface area contributed by atoms with Gasteiger partial charge in [0.05, 0.1) is 0 Å². The van der Waals surface area contributed by atoms with Gasteiger partial charge in [0.2, 0.25) is 0 Å². The summed E-state index contributed by atoms with van der Waals surface area (Å²) in [5.41, 5.74) is 0. The third-order valence-electron chi connectivity index (χ3n) is 0.500. The molecule has 0 aromatic carbocycles. The minimum Gasteiger partial charge on any atom is -0.412 e. The molecule has 52 valence electrons. The highest BCUT2D eigenvalue weighted by Crippen LogP contribution is 1.76. The van der Waals surface area contributed by atoms with Crippen molar-refractivity contribution in [1.82, 2.24) is 0 Å². The van der Waals surface area contributed by atoms with Crippen LogP contribution in [0.5, 0.6) is 0 Å². The van der Waals surface area contributed by atoms with Gasteiger partial charge >= 0.3 is 23.1 Å². The van der Waals surface area contributed by atoms with Crippen LogP contribution in [0.2, 0.25) is 0 Å². The van der Waals surface area contributed by atoms with Crippen LogP contribution in [0.1, 0.15) is 26.7 Å².